The van der Waals surface area contributed by atoms with Crippen molar-refractivity contribution < 1.29 is 9.47 Å². The van der Waals surface area contributed by atoms with Crippen LogP contribution in [0.3, 0.4) is 0 Å². The molecule has 2 fully saturated rings. The molecule has 3 heterocycles. The number of hydrogen-bond acceptors (Lipinski definition) is 4. The molecule has 0 radical (unpaired) electrons. The number of ether oxygens (including phenoxy) is 2. The van der Waals surface area contributed by atoms with Gasteiger partial charge >= 0.3 is 0 Å². The smallest absolute Gasteiger partial charge is 0.123 e. The molecule has 2 aromatic rings. The highest BCUT2D eigenvalue weighted by atomic mass is 16.5. The fourth-order valence-electron chi connectivity index (χ4n) is 5.83. The molecule has 0 amide bonds. The van der Waals surface area contributed by atoms with Crippen LogP contribution in [0.15, 0.2) is 42.5 Å². The molecule has 0 saturated carbocycles. The maximum Gasteiger partial charge on any atom is 0.123 e. The lowest BCUT2D eigenvalue weighted by atomic mass is 9.81. The monoisotopic (exact) mass is 420 g/mol. The highest BCUT2D eigenvalue weighted by Gasteiger charge is 2.38. The average molecular weight is 421 g/mol. The Balaban J connectivity index is 1.36. The summed E-state index contributed by atoms with van der Waals surface area (Å²) in [5, 5.41) is 0. The van der Waals surface area contributed by atoms with Gasteiger partial charge in [-0.15, -0.1) is 0 Å². The second-order valence-electron chi connectivity index (χ2n) is 9.34. The standard InChI is InChI=1S/C27H36N2O2/c1-30-22-13-11-21(12-14-22)24-20-29-18-6-9-25(29)23-8-5-10-26(27(23)24)31-19-7-17-28-15-3-2-4-16-28/h5,8,10-14,24-25H,2-4,6-7,9,15-20H2,1H3/t24-,25+/m0/s1. The van der Waals surface area contributed by atoms with Gasteiger partial charge in [0.15, 0.2) is 0 Å². The Morgan fingerprint density at radius 1 is 0.935 bits per heavy atom. The summed E-state index contributed by atoms with van der Waals surface area (Å²) in [5.74, 6) is 2.37. The molecule has 0 unspecified atom stereocenters. The van der Waals surface area contributed by atoms with Crippen molar-refractivity contribution >= 4 is 0 Å². The quantitative estimate of drug-likeness (QED) is 0.573. The van der Waals surface area contributed by atoms with Gasteiger partial charge in [-0.05, 0) is 81.1 Å². The van der Waals surface area contributed by atoms with Gasteiger partial charge in [-0.1, -0.05) is 30.7 Å². The van der Waals surface area contributed by atoms with E-state index in [1.54, 1.807) is 7.11 Å². The summed E-state index contributed by atoms with van der Waals surface area (Å²) in [6.45, 7) is 6.77. The van der Waals surface area contributed by atoms with Gasteiger partial charge in [0.25, 0.3) is 0 Å². The van der Waals surface area contributed by atoms with Crippen LogP contribution in [0.25, 0.3) is 0 Å². The van der Waals surface area contributed by atoms with Crippen molar-refractivity contribution in [3.05, 3.63) is 59.2 Å². The van der Waals surface area contributed by atoms with Crippen LogP contribution in [0.1, 0.15) is 67.2 Å². The number of fused-ring (bicyclic) bond motifs is 3. The molecule has 0 spiro atoms. The zero-order valence-electron chi connectivity index (χ0n) is 18.9. The van der Waals surface area contributed by atoms with E-state index < -0.39 is 0 Å². The molecule has 0 aliphatic carbocycles. The third-order valence-electron chi connectivity index (χ3n) is 7.43. The lowest BCUT2D eigenvalue weighted by Crippen LogP contribution is -2.35. The normalized spacial score (nSPS) is 23.9. The van der Waals surface area contributed by atoms with Crippen LogP contribution >= 0.6 is 0 Å². The minimum Gasteiger partial charge on any atom is -0.497 e. The SMILES string of the molecule is COc1ccc([C@@H]2CN3CCC[C@@H]3c3cccc(OCCCN4CCCCC4)c32)cc1. The first-order chi connectivity index (χ1) is 15.3. The highest BCUT2D eigenvalue weighted by Crippen LogP contribution is 2.47. The molecule has 2 aromatic carbocycles. The fourth-order valence-corrected chi connectivity index (χ4v) is 5.83. The zero-order chi connectivity index (χ0) is 21.0. The molecular weight excluding hydrogens is 384 g/mol. The molecule has 3 aliphatic rings. The van der Waals surface area contributed by atoms with Crippen molar-refractivity contribution in [2.75, 3.05) is 46.4 Å². The summed E-state index contributed by atoms with van der Waals surface area (Å²) in [4.78, 5) is 5.28. The Morgan fingerprint density at radius 3 is 2.58 bits per heavy atom. The van der Waals surface area contributed by atoms with E-state index in [0.29, 0.717) is 12.0 Å². The Kier molecular flexibility index (Phi) is 6.47. The molecule has 31 heavy (non-hydrogen) atoms. The number of hydrogen-bond donors (Lipinski definition) is 0. The van der Waals surface area contributed by atoms with Crippen molar-refractivity contribution in [3.8, 4) is 11.5 Å². The van der Waals surface area contributed by atoms with E-state index in [4.69, 9.17) is 9.47 Å². The number of benzene rings is 2. The van der Waals surface area contributed by atoms with Crippen LogP contribution in [0.4, 0.5) is 0 Å². The average Bonchev–Trinajstić information content (AvgIpc) is 3.31. The summed E-state index contributed by atoms with van der Waals surface area (Å²) in [6, 6.07) is 15.9. The molecule has 0 N–H and O–H groups in total. The van der Waals surface area contributed by atoms with E-state index in [1.165, 1.54) is 68.4 Å². The van der Waals surface area contributed by atoms with E-state index in [1.807, 2.05) is 0 Å². The van der Waals surface area contributed by atoms with Gasteiger partial charge in [0.2, 0.25) is 0 Å². The second kappa shape index (κ2) is 9.62. The zero-order valence-corrected chi connectivity index (χ0v) is 18.9. The largest absolute Gasteiger partial charge is 0.497 e. The highest BCUT2D eigenvalue weighted by molar-refractivity contribution is 5.51. The van der Waals surface area contributed by atoms with Gasteiger partial charge < -0.3 is 14.4 Å². The van der Waals surface area contributed by atoms with Crippen molar-refractivity contribution in [2.24, 2.45) is 0 Å². The molecule has 4 nitrogen and oxygen atoms in total. The van der Waals surface area contributed by atoms with Crippen LogP contribution < -0.4 is 9.47 Å². The first-order valence-electron chi connectivity index (χ1n) is 12.2. The maximum absolute atomic E-state index is 6.47. The second-order valence-corrected chi connectivity index (χ2v) is 9.34. The predicted molar refractivity (Wildman–Crippen MR) is 125 cm³/mol. The predicted octanol–water partition coefficient (Wildman–Crippen LogP) is 5.23. The van der Waals surface area contributed by atoms with Crippen molar-refractivity contribution in [2.45, 2.75) is 50.5 Å². The topological polar surface area (TPSA) is 24.9 Å². The van der Waals surface area contributed by atoms with Gasteiger partial charge in [0.05, 0.1) is 13.7 Å². The summed E-state index contributed by atoms with van der Waals surface area (Å²) in [6.07, 6.45) is 7.77. The van der Waals surface area contributed by atoms with E-state index in [0.717, 1.165) is 37.6 Å². The number of methoxy groups -OCH3 is 1. The van der Waals surface area contributed by atoms with E-state index in [2.05, 4.69) is 52.3 Å². The molecule has 166 valence electrons. The van der Waals surface area contributed by atoms with Gasteiger partial charge in [-0.2, -0.15) is 0 Å². The Hall–Kier alpha value is -2.04. The lowest BCUT2D eigenvalue weighted by molar-refractivity contribution is 0.200. The Morgan fingerprint density at radius 2 is 1.77 bits per heavy atom. The molecule has 2 saturated heterocycles. The summed E-state index contributed by atoms with van der Waals surface area (Å²) >= 11 is 0. The molecule has 0 bridgehead atoms. The van der Waals surface area contributed by atoms with Gasteiger partial charge in [-0.3, -0.25) is 4.90 Å². The molecule has 3 aliphatic heterocycles. The van der Waals surface area contributed by atoms with Crippen LogP contribution in [-0.2, 0) is 0 Å². The van der Waals surface area contributed by atoms with Crippen LogP contribution in [0.5, 0.6) is 11.5 Å². The maximum atomic E-state index is 6.47. The van der Waals surface area contributed by atoms with Gasteiger partial charge in [0, 0.05) is 30.6 Å². The molecule has 2 atom stereocenters. The van der Waals surface area contributed by atoms with Crippen LogP contribution in [0, 0.1) is 0 Å². The Labute approximate surface area is 187 Å². The molecule has 0 aromatic heterocycles. The third kappa shape index (κ3) is 4.47. The van der Waals surface area contributed by atoms with E-state index in [9.17, 15) is 0 Å². The lowest BCUT2D eigenvalue weighted by Gasteiger charge is -2.38. The molecular formula is C27H36N2O2. The number of likely N-dealkylation sites (tertiary alicyclic amines) is 1. The first kappa shape index (κ1) is 20.8. The minimum atomic E-state index is 0.355. The van der Waals surface area contributed by atoms with E-state index >= 15 is 0 Å². The number of piperidine rings is 1. The van der Waals surface area contributed by atoms with Crippen molar-refractivity contribution in [3.63, 3.8) is 0 Å². The third-order valence-corrected chi connectivity index (χ3v) is 7.43. The van der Waals surface area contributed by atoms with E-state index in [-0.39, 0.29) is 0 Å². The summed E-state index contributed by atoms with van der Waals surface area (Å²) in [7, 11) is 1.73. The van der Waals surface area contributed by atoms with Gasteiger partial charge in [-0.25, -0.2) is 0 Å². The van der Waals surface area contributed by atoms with Crippen LogP contribution in [0.2, 0.25) is 0 Å². The van der Waals surface area contributed by atoms with Crippen molar-refractivity contribution in [1.29, 1.82) is 0 Å². The molecule has 4 heteroatoms. The number of nitrogens with zero attached hydrogens (tertiary/aromatic N) is 2. The minimum absolute atomic E-state index is 0.355. The molecule has 5 rings (SSSR count). The van der Waals surface area contributed by atoms with Crippen molar-refractivity contribution in [1.82, 2.24) is 9.80 Å². The number of rotatable bonds is 7. The summed E-state index contributed by atoms with van der Waals surface area (Å²) in [5.41, 5.74) is 4.27. The summed E-state index contributed by atoms with van der Waals surface area (Å²) < 4.78 is 11.9. The first-order valence-corrected chi connectivity index (χ1v) is 12.2. The van der Waals surface area contributed by atoms with Gasteiger partial charge in [0.1, 0.15) is 11.5 Å². The van der Waals surface area contributed by atoms with Crippen LogP contribution in [-0.4, -0.2) is 56.2 Å². The Bertz CT molecular complexity index is 860. The fraction of sp³-hybridized carbons (Fsp3) is 0.556.